The number of nitrogens with zero attached hydrogens (tertiary/aromatic N) is 2. The van der Waals surface area contributed by atoms with Crippen molar-refractivity contribution in [1.82, 2.24) is 9.97 Å². The van der Waals surface area contributed by atoms with Gasteiger partial charge >= 0.3 is 0 Å². The van der Waals surface area contributed by atoms with E-state index in [-0.39, 0.29) is 12.0 Å². The average molecular weight is 285 g/mol. The first-order chi connectivity index (χ1) is 9.08. The number of hydrogen-bond acceptors (Lipinski definition) is 4. The van der Waals surface area contributed by atoms with Crippen LogP contribution in [-0.4, -0.2) is 29.3 Å². The molecule has 106 valence electrons. The third kappa shape index (κ3) is 3.80. The second-order valence-electron chi connectivity index (χ2n) is 5.26. The van der Waals surface area contributed by atoms with Crippen molar-refractivity contribution in [3.05, 3.63) is 16.5 Å². The molecule has 1 aliphatic rings. The summed E-state index contributed by atoms with van der Waals surface area (Å²) in [7, 11) is 0. The van der Waals surface area contributed by atoms with Gasteiger partial charge < -0.3 is 9.47 Å². The molecule has 5 heteroatoms. The van der Waals surface area contributed by atoms with Crippen molar-refractivity contribution in [2.45, 2.75) is 52.1 Å². The summed E-state index contributed by atoms with van der Waals surface area (Å²) >= 11 is 6.12. The van der Waals surface area contributed by atoms with Gasteiger partial charge in [0.1, 0.15) is 17.6 Å². The predicted molar refractivity (Wildman–Crippen MR) is 75.0 cm³/mol. The predicted octanol–water partition coefficient (Wildman–Crippen LogP) is 3.51. The van der Waals surface area contributed by atoms with Crippen LogP contribution in [0, 0.1) is 6.92 Å². The lowest BCUT2D eigenvalue weighted by molar-refractivity contribution is -0.0121. The van der Waals surface area contributed by atoms with E-state index in [4.69, 9.17) is 21.1 Å². The molecule has 1 aliphatic heterocycles. The Balaban J connectivity index is 2.05. The molecule has 1 unspecified atom stereocenters. The zero-order chi connectivity index (χ0) is 13.8. The van der Waals surface area contributed by atoms with Crippen LogP contribution in [0.4, 0.5) is 0 Å². The summed E-state index contributed by atoms with van der Waals surface area (Å²) in [6, 6.07) is 0. The van der Waals surface area contributed by atoms with E-state index in [0.29, 0.717) is 17.6 Å². The lowest BCUT2D eigenvalue weighted by Gasteiger charge is -2.23. The summed E-state index contributed by atoms with van der Waals surface area (Å²) in [5.41, 5.74) is 0.793. The molecule has 2 rings (SSSR count). The van der Waals surface area contributed by atoms with E-state index in [1.165, 1.54) is 6.42 Å². The van der Waals surface area contributed by atoms with Crippen LogP contribution in [0.25, 0.3) is 0 Å². The van der Waals surface area contributed by atoms with Gasteiger partial charge in [-0.2, -0.15) is 4.98 Å². The monoisotopic (exact) mass is 284 g/mol. The van der Waals surface area contributed by atoms with Gasteiger partial charge in [0, 0.05) is 18.1 Å². The number of halogens is 1. The van der Waals surface area contributed by atoms with Crippen molar-refractivity contribution >= 4 is 11.6 Å². The van der Waals surface area contributed by atoms with E-state index in [9.17, 15) is 0 Å². The first-order valence-electron chi connectivity index (χ1n) is 6.86. The Morgan fingerprint density at radius 3 is 2.79 bits per heavy atom. The SMILES string of the molecule is Cc1c(Cl)nc(C(C)C)nc1OCC1CCCCO1. The van der Waals surface area contributed by atoms with Gasteiger partial charge in [-0.05, 0) is 26.2 Å². The highest BCUT2D eigenvalue weighted by atomic mass is 35.5. The quantitative estimate of drug-likeness (QED) is 0.794. The maximum absolute atomic E-state index is 6.12. The molecule has 1 fully saturated rings. The summed E-state index contributed by atoms with van der Waals surface area (Å²) in [6.07, 6.45) is 3.57. The fourth-order valence-electron chi connectivity index (χ4n) is 2.00. The van der Waals surface area contributed by atoms with Crippen LogP contribution >= 0.6 is 11.6 Å². The van der Waals surface area contributed by atoms with Crippen molar-refractivity contribution in [1.29, 1.82) is 0 Å². The molecule has 4 nitrogen and oxygen atoms in total. The van der Waals surface area contributed by atoms with Crippen molar-refractivity contribution in [3.8, 4) is 5.88 Å². The molecule has 0 spiro atoms. The lowest BCUT2D eigenvalue weighted by atomic mass is 10.1. The molecule has 2 heterocycles. The lowest BCUT2D eigenvalue weighted by Crippen LogP contribution is -2.26. The average Bonchev–Trinajstić information content (AvgIpc) is 2.41. The van der Waals surface area contributed by atoms with Gasteiger partial charge in [-0.1, -0.05) is 25.4 Å². The molecular weight excluding hydrogens is 264 g/mol. The van der Waals surface area contributed by atoms with Gasteiger partial charge in [0.2, 0.25) is 5.88 Å². The topological polar surface area (TPSA) is 44.2 Å². The Morgan fingerprint density at radius 2 is 2.16 bits per heavy atom. The van der Waals surface area contributed by atoms with E-state index >= 15 is 0 Å². The molecular formula is C14H21ClN2O2. The molecule has 1 saturated heterocycles. The van der Waals surface area contributed by atoms with Gasteiger partial charge in [-0.25, -0.2) is 4.98 Å². The largest absolute Gasteiger partial charge is 0.475 e. The zero-order valence-electron chi connectivity index (χ0n) is 11.8. The molecule has 0 saturated carbocycles. The molecule has 1 atom stereocenters. The highest BCUT2D eigenvalue weighted by molar-refractivity contribution is 6.30. The van der Waals surface area contributed by atoms with Crippen molar-refractivity contribution in [3.63, 3.8) is 0 Å². The molecule has 0 amide bonds. The first kappa shape index (κ1) is 14.5. The van der Waals surface area contributed by atoms with Gasteiger partial charge in [-0.15, -0.1) is 0 Å². The third-order valence-electron chi connectivity index (χ3n) is 3.26. The van der Waals surface area contributed by atoms with Gasteiger partial charge in [-0.3, -0.25) is 0 Å². The number of ether oxygens (including phenoxy) is 2. The fraction of sp³-hybridized carbons (Fsp3) is 0.714. The number of rotatable bonds is 4. The summed E-state index contributed by atoms with van der Waals surface area (Å²) in [4.78, 5) is 8.71. The van der Waals surface area contributed by atoms with E-state index in [0.717, 1.165) is 30.8 Å². The van der Waals surface area contributed by atoms with Crippen LogP contribution in [0.1, 0.15) is 50.4 Å². The molecule has 1 aromatic rings. The highest BCUT2D eigenvalue weighted by Crippen LogP contribution is 2.25. The van der Waals surface area contributed by atoms with Crippen molar-refractivity contribution in [2.24, 2.45) is 0 Å². The van der Waals surface area contributed by atoms with Crippen LogP contribution in [0.2, 0.25) is 5.15 Å². The van der Waals surface area contributed by atoms with Gasteiger partial charge in [0.25, 0.3) is 0 Å². The van der Waals surface area contributed by atoms with Gasteiger partial charge in [0.15, 0.2) is 0 Å². The maximum atomic E-state index is 6.12. The second-order valence-corrected chi connectivity index (χ2v) is 5.62. The molecule has 1 aromatic heterocycles. The van der Waals surface area contributed by atoms with Crippen LogP contribution in [-0.2, 0) is 4.74 Å². The minimum Gasteiger partial charge on any atom is -0.475 e. The normalized spacial score (nSPS) is 19.7. The summed E-state index contributed by atoms with van der Waals surface area (Å²) in [5.74, 6) is 1.53. The third-order valence-corrected chi connectivity index (χ3v) is 3.62. The second kappa shape index (κ2) is 6.53. The van der Waals surface area contributed by atoms with E-state index < -0.39 is 0 Å². The van der Waals surface area contributed by atoms with Crippen molar-refractivity contribution in [2.75, 3.05) is 13.2 Å². The fourth-order valence-corrected chi connectivity index (χ4v) is 2.16. The van der Waals surface area contributed by atoms with Crippen LogP contribution in [0.3, 0.4) is 0 Å². The smallest absolute Gasteiger partial charge is 0.221 e. The van der Waals surface area contributed by atoms with Crippen LogP contribution in [0.5, 0.6) is 5.88 Å². The Labute approximate surface area is 119 Å². The molecule has 19 heavy (non-hydrogen) atoms. The van der Waals surface area contributed by atoms with E-state index in [1.807, 2.05) is 20.8 Å². The van der Waals surface area contributed by atoms with Crippen LogP contribution in [0.15, 0.2) is 0 Å². The Hall–Kier alpha value is -0.870. The Bertz CT molecular complexity index is 432. The Morgan fingerprint density at radius 1 is 1.37 bits per heavy atom. The molecule has 0 bridgehead atoms. The summed E-state index contributed by atoms with van der Waals surface area (Å²) in [5, 5.41) is 0.471. The summed E-state index contributed by atoms with van der Waals surface area (Å²) < 4.78 is 11.4. The van der Waals surface area contributed by atoms with Crippen molar-refractivity contribution < 1.29 is 9.47 Å². The van der Waals surface area contributed by atoms with E-state index in [1.54, 1.807) is 0 Å². The molecule has 0 radical (unpaired) electrons. The molecule has 0 aromatic carbocycles. The Kier molecular flexibility index (Phi) is 4.99. The minimum absolute atomic E-state index is 0.171. The first-order valence-corrected chi connectivity index (χ1v) is 7.24. The molecule has 0 N–H and O–H groups in total. The number of aromatic nitrogens is 2. The maximum Gasteiger partial charge on any atom is 0.221 e. The van der Waals surface area contributed by atoms with E-state index in [2.05, 4.69) is 9.97 Å². The van der Waals surface area contributed by atoms with Gasteiger partial charge in [0.05, 0.1) is 6.10 Å². The summed E-state index contributed by atoms with van der Waals surface area (Å²) in [6.45, 7) is 7.31. The molecule has 0 aliphatic carbocycles. The standard InChI is InChI=1S/C14H21ClN2O2/c1-9(2)13-16-12(15)10(3)14(17-13)19-8-11-6-4-5-7-18-11/h9,11H,4-8H2,1-3H3. The number of hydrogen-bond donors (Lipinski definition) is 0. The minimum atomic E-state index is 0.171. The van der Waals surface area contributed by atoms with Crippen LogP contribution < -0.4 is 4.74 Å². The highest BCUT2D eigenvalue weighted by Gasteiger charge is 2.17. The zero-order valence-corrected chi connectivity index (χ0v) is 12.5.